The summed E-state index contributed by atoms with van der Waals surface area (Å²) in [5, 5.41) is 13.0. The van der Waals surface area contributed by atoms with Gasteiger partial charge in [0, 0.05) is 35.2 Å². The normalized spacial score (nSPS) is 12.3. The Morgan fingerprint density at radius 3 is 2.68 bits per heavy atom. The topological polar surface area (TPSA) is 72.2 Å². The third kappa shape index (κ3) is 3.51. The van der Waals surface area contributed by atoms with Crippen molar-refractivity contribution in [2.45, 2.75) is 5.75 Å². The molecule has 0 amide bonds. The van der Waals surface area contributed by atoms with Crippen LogP contribution in [0.1, 0.15) is 5.56 Å². The van der Waals surface area contributed by atoms with E-state index in [-0.39, 0.29) is 11.5 Å². The molecule has 0 radical (unpaired) electrons. The van der Waals surface area contributed by atoms with Gasteiger partial charge in [-0.3, -0.25) is 13.7 Å². The summed E-state index contributed by atoms with van der Waals surface area (Å²) in [4.78, 5) is 10.5. The molecule has 0 saturated carbocycles. The molecule has 0 aliphatic carbocycles. The number of carboxylic acids is 1. The summed E-state index contributed by atoms with van der Waals surface area (Å²) >= 11 is 0. The van der Waals surface area contributed by atoms with Crippen molar-refractivity contribution in [3.63, 3.8) is 0 Å². The Kier molecular flexibility index (Phi) is 4.11. The SMILES string of the molecule is Cn1cc(CS(=O)CC(=O)O)c(-c2ccccc2)n1. The van der Waals surface area contributed by atoms with Crippen LogP contribution in [-0.2, 0) is 28.4 Å². The van der Waals surface area contributed by atoms with E-state index in [1.54, 1.807) is 17.9 Å². The molecule has 2 rings (SSSR count). The van der Waals surface area contributed by atoms with Crippen molar-refractivity contribution >= 4 is 16.8 Å². The van der Waals surface area contributed by atoms with Gasteiger partial charge in [0.1, 0.15) is 5.75 Å². The summed E-state index contributed by atoms with van der Waals surface area (Å²) in [5.74, 6) is -1.20. The maximum Gasteiger partial charge on any atom is 0.316 e. The predicted molar refractivity (Wildman–Crippen MR) is 73.0 cm³/mol. The van der Waals surface area contributed by atoms with Crippen molar-refractivity contribution in [2.24, 2.45) is 7.05 Å². The van der Waals surface area contributed by atoms with E-state index in [1.165, 1.54) is 0 Å². The number of carboxylic acid groups (broad SMARTS) is 1. The van der Waals surface area contributed by atoms with Gasteiger partial charge in [-0.25, -0.2) is 0 Å². The molecule has 0 spiro atoms. The molecule has 0 aliphatic rings. The fraction of sp³-hybridized carbons (Fsp3) is 0.231. The number of aryl methyl sites for hydroxylation is 1. The van der Waals surface area contributed by atoms with E-state index in [0.29, 0.717) is 0 Å². The van der Waals surface area contributed by atoms with Gasteiger partial charge in [0.2, 0.25) is 0 Å². The van der Waals surface area contributed by atoms with Crippen LogP contribution in [0.25, 0.3) is 11.3 Å². The Hall–Kier alpha value is -1.95. The van der Waals surface area contributed by atoms with E-state index in [2.05, 4.69) is 5.10 Å². The Labute approximate surface area is 113 Å². The standard InChI is InChI=1S/C13H14N2O3S/c1-15-7-11(8-19(18)9-12(16)17)13(14-15)10-5-3-2-4-6-10/h2-7H,8-9H2,1H3,(H,16,17). The highest BCUT2D eigenvalue weighted by atomic mass is 32.2. The summed E-state index contributed by atoms with van der Waals surface area (Å²) < 4.78 is 13.4. The molecule has 2 aromatic rings. The number of aliphatic carboxylic acids is 1. The molecule has 0 aliphatic heterocycles. The molecule has 0 bridgehead atoms. The van der Waals surface area contributed by atoms with Gasteiger partial charge in [0.25, 0.3) is 0 Å². The number of hydrogen-bond donors (Lipinski definition) is 1. The van der Waals surface area contributed by atoms with E-state index in [1.807, 2.05) is 30.3 Å². The van der Waals surface area contributed by atoms with Gasteiger partial charge in [-0.05, 0) is 0 Å². The highest BCUT2D eigenvalue weighted by Gasteiger charge is 2.14. The molecule has 1 aromatic carbocycles. The van der Waals surface area contributed by atoms with Crippen LogP contribution in [0.3, 0.4) is 0 Å². The van der Waals surface area contributed by atoms with Crippen molar-refractivity contribution in [3.05, 3.63) is 42.1 Å². The Morgan fingerprint density at radius 2 is 2.05 bits per heavy atom. The summed E-state index contributed by atoms with van der Waals surface area (Å²) in [5.41, 5.74) is 2.49. The van der Waals surface area contributed by atoms with Crippen LogP contribution < -0.4 is 0 Å². The smallest absolute Gasteiger partial charge is 0.316 e. The van der Waals surface area contributed by atoms with Gasteiger partial charge >= 0.3 is 5.97 Å². The van der Waals surface area contributed by atoms with Crippen LogP contribution in [0.15, 0.2) is 36.5 Å². The second-order valence-corrected chi connectivity index (χ2v) is 5.62. The van der Waals surface area contributed by atoms with Crippen LogP contribution in [0, 0.1) is 0 Å². The molecular formula is C13H14N2O3S. The molecule has 0 saturated heterocycles. The number of hydrogen-bond acceptors (Lipinski definition) is 3. The number of rotatable bonds is 5. The minimum atomic E-state index is -1.42. The summed E-state index contributed by atoms with van der Waals surface area (Å²) in [6.07, 6.45) is 1.78. The Balaban J connectivity index is 2.27. The maximum atomic E-state index is 11.7. The molecule has 1 atom stereocenters. The second-order valence-electron chi connectivity index (χ2n) is 4.16. The third-order valence-corrected chi connectivity index (χ3v) is 3.75. The molecule has 5 nitrogen and oxygen atoms in total. The average molecular weight is 278 g/mol. The zero-order valence-electron chi connectivity index (χ0n) is 10.4. The van der Waals surface area contributed by atoms with Gasteiger partial charge < -0.3 is 5.11 Å². The van der Waals surface area contributed by atoms with Crippen molar-refractivity contribution in [3.8, 4) is 11.3 Å². The highest BCUT2D eigenvalue weighted by molar-refractivity contribution is 7.84. The van der Waals surface area contributed by atoms with Crippen molar-refractivity contribution < 1.29 is 14.1 Å². The lowest BCUT2D eigenvalue weighted by molar-refractivity contribution is -0.133. The molecule has 6 heteroatoms. The molecule has 1 heterocycles. The maximum absolute atomic E-state index is 11.7. The van der Waals surface area contributed by atoms with E-state index in [9.17, 15) is 9.00 Å². The van der Waals surface area contributed by atoms with Gasteiger partial charge in [-0.1, -0.05) is 30.3 Å². The van der Waals surface area contributed by atoms with Crippen LogP contribution in [0.5, 0.6) is 0 Å². The third-order valence-electron chi connectivity index (χ3n) is 2.55. The van der Waals surface area contributed by atoms with Crippen LogP contribution >= 0.6 is 0 Å². The van der Waals surface area contributed by atoms with Crippen molar-refractivity contribution in [1.82, 2.24) is 9.78 Å². The molecule has 1 aromatic heterocycles. The minimum absolute atomic E-state index is 0.199. The predicted octanol–water partition coefficient (Wildman–Crippen LogP) is 1.42. The fourth-order valence-corrected chi connectivity index (χ4v) is 2.78. The average Bonchev–Trinajstić information content (AvgIpc) is 2.70. The fourth-order valence-electron chi connectivity index (χ4n) is 1.84. The van der Waals surface area contributed by atoms with Gasteiger partial charge in [-0.2, -0.15) is 5.10 Å². The number of nitrogens with zero attached hydrogens (tertiary/aromatic N) is 2. The Bertz CT molecular complexity index is 608. The quantitative estimate of drug-likeness (QED) is 0.897. The lowest BCUT2D eigenvalue weighted by Crippen LogP contribution is -2.10. The largest absolute Gasteiger partial charge is 0.481 e. The molecular weight excluding hydrogens is 264 g/mol. The van der Waals surface area contributed by atoms with Crippen LogP contribution in [0.4, 0.5) is 0 Å². The first-order valence-electron chi connectivity index (χ1n) is 5.71. The minimum Gasteiger partial charge on any atom is -0.481 e. The first-order valence-corrected chi connectivity index (χ1v) is 7.20. The van der Waals surface area contributed by atoms with Gasteiger partial charge in [-0.15, -0.1) is 0 Å². The van der Waals surface area contributed by atoms with Crippen LogP contribution in [-0.4, -0.2) is 30.8 Å². The van der Waals surface area contributed by atoms with Crippen molar-refractivity contribution in [1.29, 1.82) is 0 Å². The van der Waals surface area contributed by atoms with Gasteiger partial charge in [0.05, 0.1) is 11.4 Å². The first kappa shape index (κ1) is 13.5. The first-order chi connectivity index (χ1) is 9.06. The Morgan fingerprint density at radius 1 is 1.37 bits per heavy atom. The summed E-state index contributed by atoms with van der Waals surface area (Å²) in [6.45, 7) is 0. The molecule has 19 heavy (non-hydrogen) atoms. The van der Waals surface area contributed by atoms with E-state index < -0.39 is 16.8 Å². The molecule has 0 fully saturated rings. The van der Waals surface area contributed by atoms with E-state index in [0.717, 1.165) is 16.8 Å². The van der Waals surface area contributed by atoms with E-state index in [4.69, 9.17) is 5.11 Å². The zero-order valence-corrected chi connectivity index (χ0v) is 11.3. The molecule has 100 valence electrons. The lowest BCUT2D eigenvalue weighted by Gasteiger charge is -2.01. The zero-order chi connectivity index (χ0) is 13.8. The van der Waals surface area contributed by atoms with Gasteiger partial charge in [0.15, 0.2) is 0 Å². The summed E-state index contributed by atoms with van der Waals surface area (Å²) in [7, 11) is 0.363. The number of carbonyl (C=O) groups is 1. The number of aromatic nitrogens is 2. The monoisotopic (exact) mass is 278 g/mol. The lowest BCUT2D eigenvalue weighted by atomic mass is 10.1. The summed E-state index contributed by atoms with van der Waals surface area (Å²) in [6, 6.07) is 9.57. The highest BCUT2D eigenvalue weighted by Crippen LogP contribution is 2.22. The molecule has 1 N–H and O–H groups in total. The second kappa shape index (κ2) is 5.79. The van der Waals surface area contributed by atoms with Crippen molar-refractivity contribution in [2.75, 3.05) is 5.75 Å². The van der Waals surface area contributed by atoms with Crippen LogP contribution in [0.2, 0.25) is 0 Å². The van der Waals surface area contributed by atoms with E-state index >= 15 is 0 Å². The number of benzene rings is 1. The molecule has 1 unspecified atom stereocenters.